The number of hydrogen-bond donors (Lipinski definition) is 0. The number of carbonyl (C=O) groups excluding carboxylic acids is 1. The molecule has 0 spiro atoms. The SMILES string of the molecule is O=C(C=CN1CCCCC1)CCl. The fourth-order valence-electron chi connectivity index (χ4n) is 1.30. The third-order valence-electron chi connectivity index (χ3n) is 1.99. The Morgan fingerprint density at radius 1 is 1.33 bits per heavy atom. The smallest absolute Gasteiger partial charge is 0.171 e. The minimum absolute atomic E-state index is 0.0118. The van der Waals surface area contributed by atoms with E-state index in [9.17, 15) is 4.79 Å². The predicted octanol–water partition coefficient (Wildman–Crippen LogP) is 1.79. The summed E-state index contributed by atoms with van der Waals surface area (Å²) in [5, 5.41) is 0. The molecule has 1 rings (SSSR count). The Bertz CT molecular complexity index is 173. The molecular formula is C9H14ClNO. The molecule has 0 unspecified atom stereocenters. The lowest BCUT2D eigenvalue weighted by Gasteiger charge is -2.24. The minimum atomic E-state index is -0.0118. The summed E-state index contributed by atoms with van der Waals surface area (Å²) in [6.45, 7) is 2.15. The summed E-state index contributed by atoms with van der Waals surface area (Å²) in [5.74, 6) is 0.0758. The highest BCUT2D eigenvalue weighted by atomic mass is 35.5. The zero-order chi connectivity index (χ0) is 8.81. The van der Waals surface area contributed by atoms with E-state index in [-0.39, 0.29) is 11.7 Å². The number of alkyl halides is 1. The van der Waals surface area contributed by atoms with Crippen LogP contribution in [-0.4, -0.2) is 29.7 Å². The maximum absolute atomic E-state index is 10.8. The van der Waals surface area contributed by atoms with Gasteiger partial charge in [0.1, 0.15) is 0 Å². The number of halogens is 1. The van der Waals surface area contributed by atoms with Gasteiger partial charge in [-0.25, -0.2) is 0 Å². The van der Waals surface area contributed by atoms with Gasteiger partial charge >= 0.3 is 0 Å². The van der Waals surface area contributed by atoms with Crippen LogP contribution in [0.5, 0.6) is 0 Å². The topological polar surface area (TPSA) is 20.3 Å². The standard InChI is InChI=1S/C9H14ClNO/c10-8-9(12)4-7-11-5-2-1-3-6-11/h4,7H,1-3,5-6,8H2. The summed E-state index contributed by atoms with van der Waals surface area (Å²) >= 11 is 5.35. The summed E-state index contributed by atoms with van der Waals surface area (Å²) in [6, 6.07) is 0. The van der Waals surface area contributed by atoms with Crippen molar-refractivity contribution in [3.8, 4) is 0 Å². The summed E-state index contributed by atoms with van der Waals surface area (Å²) in [5.41, 5.74) is 0. The first-order chi connectivity index (χ1) is 5.83. The molecule has 0 aliphatic carbocycles. The molecule has 0 N–H and O–H groups in total. The van der Waals surface area contributed by atoms with Crippen molar-refractivity contribution < 1.29 is 4.79 Å². The van der Waals surface area contributed by atoms with Gasteiger partial charge in [0.05, 0.1) is 5.88 Å². The van der Waals surface area contributed by atoms with Crippen LogP contribution < -0.4 is 0 Å². The first-order valence-corrected chi connectivity index (χ1v) is 4.87. The second-order valence-electron chi connectivity index (χ2n) is 3.01. The molecule has 2 nitrogen and oxygen atoms in total. The van der Waals surface area contributed by atoms with Gasteiger partial charge in [0.2, 0.25) is 0 Å². The quantitative estimate of drug-likeness (QED) is 0.496. The first kappa shape index (κ1) is 9.59. The Hall–Kier alpha value is -0.500. The monoisotopic (exact) mass is 187 g/mol. The van der Waals surface area contributed by atoms with E-state index in [4.69, 9.17) is 11.6 Å². The molecule has 68 valence electrons. The van der Waals surface area contributed by atoms with Crippen molar-refractivity contribution in [1.82, 2.24) is 4.90 Å². The van der Waals surface area contributed by atoms with Gasteiger partial charge in [0, 0.05) is 19.3 Å². The predicted molar refractivity (Wildman–Crippen MR) is 50.3 cm³/mol. The van der Waals surface area contributed by atoms with Gasteiger partial charge in [0.25, 0.3) is 0 Å². The molecule has 0 aromatic carbocycles. The lowest BCUT2D eigenvalue weighted by atomic mass is 10.1. The molecule has 0 aromatic rings. The summed E-state index contributed by atoms with van der Waals surface area (Å²) in [4.78, 5) is 13.0. The van der Waals surface area contributed by atoms with Crippen molar-refractivity contribution in [3.63, 3.8) is 0 Å². The molecule has 0 bridgehead atoms. The van der Waals surface area contributed by atoms with Crippen LogP contribution in [0.2, 0.25) is 0 Å². The highest BCUT2D eigenvalue weighted by Gasteiger charge is 2.05. The average molecular weight is 188 g/mol. The molecule has 0 saturated carbocycles. The van der Waals surface area contributed by atoms with Gasteiger partial charge < -0.3 is 4.90 Å². The van der Waals surface area contributed by atoms with E-state index >= 15 is 0 Å². The van der Waals surface area contributed by atoms with Crippen molar-refractivity contribution in [2.24, 2.45) is 0 Å². The second kappa shape index (κ2) is 5.20. The van der Waals surface area contributed by atoms with Crippen molar-refractivity contribution in [2.75, 3.05) is 19.0 Å². The highest BCUT2D eigenvalue weighted by molar-refractivity contribution is 6.29. The molecule has 1 aliphatic heterocycles. The van der Waals surface area contributed by atoms with E-state index in [0.29, 0.717) is 0 Å². The summed E-state index contributed by atoms with van der Waals surface area (Å²) < 4.78 is 0. The molecule has 12 heavy (non-hydrogen) atoms. The number of ketones is 1. The van der Waals surface area contributed by atoms with Crippen LogP contribution in [0, 0.1) is 0 Å². The van der Waals surface area contributed by atoms with Gasteiger partial charge in [-0.2, -0.15) is 0 Å². The largest absolute Gasteiger partial charge is 0.377 e. The Morgan fingerprint density at radius 2 is 2.00 bits per heavy atom. The molecule has 1 heterocycles. The minimum Gasteiger partial charge on any atom is -0.377 e. The maximum atomic E-state index is 10.8. The van der Waals surface area contributed by atoms with Crippen LogP contribution >= 0.6 is 11.6 Å². The Morgan fingerprint density at radius 3 is 2.58 bits per heavy atom. The Balaban J connectivity index is 2.28. The summed E-state index contributed by atoms with van der Waals surface area (Å²) in [7, 11) is 0. The molecule has 0 amide bonds. The molecule has 1 fully saturated rings. The second-order valence-corrected chi connectivity index (χ2v) is 3.28. The molecule has 0 atom stereocenters. The fraction of sp³-hybridized carbons (Fsp3) is 0.667. The number of hydrogen-bond acceptors (Lipinski definition) is 2. The van der Waals surface area contributed by atoms with E-state index in [0.717, 1.165) is 13.1 Å². The van der Waals surface area contributed by atoms with E-state index < -0.39 is 0 Å². The number of carbonyl (C=O) groups is 1. The molecule has 0 aromatic heterocycles. The van der Waals surface area contributed by atoms with E-state index in [2.05, 4.69) is 4.90 Å². The van der Waals surface area contributed by atoms with Crippen LogP contribution in [0.15, 0.2) is 12.3 Å². The van der Waals surface area contributed by atoms with Crippen molar-refractivity contribution in [2.45, 2.75) is 19.3 Å². The molecule has 3 heteroatoms. The fourth-order valence-corrected chi connectivity index (χ4v) is 1.39. The first-order valence-electron chi connectivity index (χ1n) is 4.34. The van der Waals surface area contributed by atoms with Gasteiger partial charge in [-0.3, -0.25) is 4.79 Å². The van der Waals surface area contributed by atoms with Crippen LogP contribution in [0.25, 0.3) is 0 Å². The van der Waals surface area contributed by atoms with Crippen LogP contribution in [0.4, 0.5) is 0 Å². The number of rotatable bonds is 3. The van der Waals surface area contributed by atoms with Crippen LogP contribution in [0.3, 0.4) is 0 Å². The molecule has 0 radical (unpaired) electrons. The lowest BCUT2D eigenvalue weighted by molar-refractivity contribution is -0.112. The number of likely N-dealkylation sites (tertiary alicyclic amines) is 1. The maximum Gasteiger partial charge on any atom is 0.171 e. The normalized spacial score (nSPS) is 18.6. The van der Waals surface area contributed by atoms with E-state index in [1.165, 1.54) is 19.3 Å². The van der Waals surface area contributed by atoms with E-state index in [1.54, 1.807) is 6.08 Å². The zero-order valence-corrected chi connectivity index (χ0v) is 7.89. The van der Waals surface area contributed by atoms with Gasteiger partial charge in [-0.05, 0) is 25.3 Å². The van der Waals surface area contributed by atoms with Gasteiger partial charge in [-0.1, -0.05) is 0 Å². The van der Waals surface area contributed by atoms with Gasteiger partial charge in [0.15, 0.2) is 5.78 Å². The number of nitrogens with zero attached hydrogens (tertiary/aromatic N) is 1. The van der Waals surface area contributed by atoms with Crippen molar-refractivity contribution in [1.29, 1.82) is 0 Å². The number of allylic oxidation sites excluding steroid dienone is 1. The Labute approximate surface area is 78.2 Å². The van der Waals surface area contributed by atoms with Crippen molar-refractivity contribution >= 4 is 17.4 Å². The number of piperidine rings is 1. The highest BCUT2D eigenvalue weighted by Crippen LogP contribution is 2.08. The Kier molecular flexibility index (Phi) is 4.15. The molecular weight excluding hydrogens is 174 g/mol. The lowest BCUT2D eigenvalue weighted by Crippen LogP contribution is -2.24. The third-order valence-corrected chi connectivity index (χ3v) is 2.26. The molecule has 1 saturated heterocycles. The molecule has 1 aliphatic rings. The van der Waals surface area contributed by atoms with Gasteiger partial charge in [-0.15, -0.1) is 11.6 Å². The van der Waals surface area contributed by atoms with Crippen molar-refractivity contribution in [3.05, 3.63) is 12.3 Å². The van der Waals surface area contributed by atoms with Crippen LogP contribution in [0.1, 0.15) is 19.3 Å². The third kappa shape index (κ3) is 3.26. The van der Waals surface area contributed by atoms with Crippen LogP contribution in [-0.2, 0) is 4.79 Å². The summed E-state index contributed by atoms with van der Waals surface area (Å²) in [6.07, 6.45) is 7.22. The average Bonchev–Trinajstić information content (AvgIpc) is 2.16. The van der Waals surface area contributed by atoms with E-state index in [1.807, 2.05) is 6.20 Å². The zero-order valence-electron chi connectivity index (χ0n) is 7.13.